The van der Waals surface area contributed by atoms with E-state index in [2.05, 4.69) is 6.07 Å². The zero-order valence-corrected chi connectivity index (χ0v) is 18.9. The molecule has 0 N–H and O–H groups in total. The van der Waals surface area contributed by atoms with Crippen LogP contribution in [0.4, 0.5) is 0 Å². The summed E-state index contributed by atoms with van der Waals surface area (Å²) in [5, 5.41) is 12.4. The van der Waals surface area contributed by atoms with Crippen LogP contribution in [0, 0.1) is 11.3 Å². The molecule has 154 valence electrons. The summed E-state index contributed by atoms with van der Waals surface area (Å²) in [6, 6.07) is 15.7. The van der Waals surface area contributed by atoms with Crippen molar-refractivity contribution in [2.45, 2.75) is 31.4 Å². The Bertz CT molecular complexity index is 1060. The maximum atomic E-state index is 12.2. The molecule has 30 heavy (non-hydrogen) atoms. The standard InChI is InChI=1S/C23H22N2O3S2/c1-23(2,3)28-21(26)14-30-22-18(13-24)17(15-7-9-16(27-4)10-8-15)12-19(25-22)20-6-5-11-29-20/h5-12H,14H2,1-4H3. The number of pyridine rings is 1. The van der Waals surface area contributed by atoms with Crippen molar-refractivity contribution >= 4 is 29.1 Å². The summed E-state index contributed by atoms with van der Waals surface area (Å²) in [6.45, 7) is 5.48. The van der Waals surface area contributed by atoms with Crippen molar-refractivity contribution in [3.05, 3.63) is 53.4 Å². The maximum Gasteiger partial charge on any atom is 0.316 e. The minimum Gasteiger partial charge on any atom is -0.497 e. The van der Waals surface area contributed by atoms with E-state index in [4.69, 9.17) is 14.5 Å². The van der Waals surface area contributed by atoms with E-state index in [9.17, 15) is 10.1 Å². The second-order valence-electron chi connectivity index (χ2n) is 7.43. The Morgan fingerprint density at radius 3 is 2.53 bits per heavy atom. The van der Waals surface area contributed by atoms with E-state index in [1.807, 2.05) is 68.6 Å². The van der Waals surface area contributed by atoms with Crippen LogP contribution in [-0.4, -0.2) is 29.4 Å². The third kappa shape index (κ3) is 5.41. The monoisotopic (exact) mass is 438 g/mol. The molecular formula is C23H22N2O3S2. The molecule has 0 saturated heterocycles. The number of nitrogens with zero attached hydrogens (tertiary/aromatic N) is 2. The Morgan fingerprint density at radius 2 is 1.97 bits per heavy atom. The van der Waals surface area contributed by atoms with Gasteiger partial charge in [0, 0.05) is 5.56 Å². The number of thiophene rings is 1. The van der Waals surface area contributed by atoms with E-state index < -0.39 is 5.60 Å². The fourth-order valence-corrected chi connectivity index (χ4v) is 4.24. The van der Waals surface area contributed by atoms with Crippen LogP contribution in [0.5, 0.6) is 5.75 Å². The highest BCUT2D eigenvalue weighted by Crippen LogP contribution is 2.36. The molecule has 1 aromatic carbocycles. The highest BCUT2D eigenvalue weighted by Gasteiger charge is 2.20. The zero-order chi connectivity index (χ0) is 21.7. The van der Waals surface area contributed by atoms with Crippen LogP contribution in [0.3, 0.4) is 0 Å². The number of thioether (sulfide) groups is 1. The van der Waals surface area contributed by atoms with Gasteiger partial charge in [-0.1, -0.05) is 30.0 Å². The van der Waals surface area contributed by atoms with Crippen LogP contribution < -0.4 is 4.74 Å². The number of ether oxygens (including phenoxy) is 2. The summed E-state index contributed by atoms with van der Waals surface area (Å²) < 4.78 is 10.6. The Morgan fingerprint density at radius 1 is 1.23 bits per heavy atom. The van der Waals surface area contributed by atoms with Crippen molar-refractivity contribution in [3.63, 3.8) is 0 Å². The molecule has 0 aliphatic carbocycles. The molecule has 0 radical (unpaired) electrons. The van der Waals surface area contributed by atoms with Gasteiger partial charge < -0.3 is 9.47 Å². The average Bonchev–Trinajstić information content (AvgIpc) is 3.25. The summed E-state index contributed by atoms with van der Waals surface area (Å²) in [5.74, 6) is 0.476. The van der Waals surface area contributed by atoms with Crippen LogP contribution in [0.1, 0.15) is 26.3 Å². The number of carbonyl (C=O) groups is 1. The Balaban J connectivity index is 2.03. The quantitative estimate of drug-likeness (QED) is 0.358. The Hall–Kier alpha value is -2.82. The second kappa shape index (κ2) is 9.33. The number of aromatic nitrogens is 1. The fourth-order valence-electron chi connectivity index (χ4n) is 2.78. The zero-order valence-electron chi connectivity index (χ0n) is 17.3. The van der Waals surface area contributed by atoms with E-state index in [1.165, 1.54) is 11.8 Å². The fraction of sp³-hybridized carbons (Fsp3) is 0.261. The van der Waals surface area contributed by atoms with Crippen molar-refractivity contribution < 1.29 is 14.3 Å². The molecular weight excluding hydrogens is 416 g/mol. The lowest BCUT2D eigenvalue weighted by atomic mass is 10.0. The molecule has 0 amide bonds. The Kier molecular flexibility index (Phi) is 6.80. The molecule has 0 bridgehead atoms. The molecule has 0 unspecified atom stereocenters. The summed E-state index contributed by atoms with van der Waals surface area (Å²) in [6.07, 6.45) is 0. The molecule has 0 spiro atoms. The molecule has 3 rings (SSSR count). The minimum absolute atomic E-state index is 0.0783. The van der Waals surface area contributed by atoms with Gasteiger partial charge in [0.1, 0.15) is 22.4 Å². The van der Waals surface area contributed by atoms with Gasteiger partial charge >= 0.3 is 5.97 Å². The largest absolute Gasteiger partial charge is 0.497 e. The number of hydrogen-bond acceptors (Lipinski definition) is 7. The highest BCUT2D eigenvalue weighted by molar-refractivity contribution is 7.99. The van der Waals surface area contributed by atoms with Crippen molar-refractivity contribution in [1.82, 2.24) is 4.98 Å². The minimum atomic E-state index is -0.559. The third-order valence-electron chi connectivity index (χ3n) is 4.02. The maximum absolute atomic E-state index is 12.2. The number of carbonyl (C=O) groups excluding carboxylic acids is 1. The number of benzene rings is 1. The van der Waals surface area contributed by atoms with E-state index in [-0.39, 0.29) is 11.7 Å². The number of nitriles is 1. The van der Waals surface area contributed by atoms with Crippen molar-refractivity contribution in [3.8, 4) is 33.5 Å². The lowest BCUT2D eigenvalue weighted by Gasteiger charge is -2.19. The smallest absolute Gasteiger partial charge is 0.316 e. The van der Waals surface area contributed by atoms with Gasteiger partial charge in [-0.15, -0.1) is 11.3 Å². The molecule has 3 aromatic rings. The van der Waals surface area contributed by atoms with Gasteiger partial charge in [-0.2, -0.15) is 5.26 Å². The summed E-state index contributed by atoms with van der Waals surface area (Å²) in [5.41, 5.74) is 2.29. The van der Waals surface area contributed by atoms with Gasteiger partial charge in [0.2, 0.25) is 0 Å². The number of rotatable bonds is 6. The van der Waals surface area contributed by atoms with Gasteiger partial charge in [0.15, 0.2) is 0 Å². The average molecular weight is 439 g/mol. The second-order valence-corrected chi connectivity index (χ2v) is 9.34. The highest BCUT2D eigenvalue weighted by atomic mass is 32.2. The molecule has 2 heterocycles. The van der Waals surface area contributed by atoms with Gasteiger partial charge in [-0.05, 0) is 56.0 Å². The third-order valence-corrected chi connectivity index (χ3v) is 5.86. The topological polar surface area (TPSA) is 72.2 Å². The molecule has 7 heteroatoms. The first-order chi connectivity index (χ1) is 14.3. The number of methoxy groups -OCH3 is 1. The summed E-state index contributed by atoms with van der Waals surface area (Å²) >= 11 is 2.79. The van der Waals surface area contributed by atoms with Gasteiger partial charge in [-0.3, -0.25) is 4.79 Å². The molecule has 0 saturated carbocycles. The summed E-state index contributed by atoms with van der Waals surface area (Å²) in [4.78, 5) is 17.9. The molecule has 0 aliphatic heterocycles. The van der Waals surface area contributed by atoms with Crippen LogP contribution in [0.2, 0.25) is 0 Å². The van der Waals surface area contributed by atoms with Crippen LogP contribution in [0.15, 0.2) is 52.9 Å². The van der Waals surface area contributed by atoms with E-state index >= 15 is 0 Å². The predicted octanol–water partition coefficient (Wildman–Crippen LogP) is 5.79. The number of esters is 1. The van der Waals surface area contributed by atoms with Gasteiger partial charge in [0.25, 0.3) is 0 Å². The lowest BCUT2D eigenvalue weighted by molar-refractivity contribution is -0.151. The molecule has 2 aromatic heterocycles. The van der Waals surface area contributed by atoms with E-state index in [0.717, 1.165) is 27.4 Å². The van der Waals surface area contributed by atoms with Crippen LogP contribution in [-0.2, 0) is 9.53 Å². The lowest BCUT2D eigenvalue weighted by Crippen LogP contribution is -2.25. The molecule has 0 fully saturated rings. The first-order valence-electron chi connectivity index (χ1n) is 9.29. The predicted molar refractivity (Wildman–Crippen MR) is 121 cm³/mol. The van der Waals surface area contributed by atoms with E-state index in [0.29, 0.717) is 10.6 Å². The Labute approximate surface area is 184 Å². The van der Waals surface area contributed by atoms with Crippen LogP contribution in [0.25, 0.3) is 21.7 Å². The number of hydrogen-bond donors (Lipinski definition) is 0. The van der Waals surface area contributed by atoms with Crippen LogP contribution >= 0.6 is 23.1 Å². The first kappa shape index (κ1) is 21.9. The SMILES string of the molecule is COc1ccc(-c2cc(-c3cccs3)nc(SCC(=O)OC(C)(C)C)c2C#N)cc1. The van der Waals surface area contributed by atoms with Gasteiger partial charge in [0.05, 0.1) is 29.0 Å². The van der Waals surface area contributed by atoms with E-state index in [1.54, 1.807) is 18.4 Å². The normalized spacial score (nSPS) is 11.0. The van der Waals surface area contributed by atoms with Gasteiger partial charge in [-0.25, -0.2) is 4.98 Å². The molecule has 0 atom stereocenters. The van der Waals surface area contributed by atoms with Crippen molar-refractivity contribution in [2.24, 2.45) is 0 Å². The summed E-state index contributed by atoms with van der Waals surface area (Å²) in [7, 11) is 1.61. The molecule has 0 aliphatic rings. The van der Waals surface area contributed by atoms with Crippen molar-refractivity contribution in [1.29, 1.82) is 5.26 Å². The van der Waals surface area contributed by atoms with Crippen molar-refractivity contribution in [2.75, 3.05) is 12.9 Å². The molecule has 5 nitrogen and oxygen atoms in total. The first-order valence-corrected chi connectivity index (χ1v) is 11.2.